The standard InChI is InChI=1S/C12H24N2O3/c1-9-6-13(8-15)7-10(2)14(9)11(16)17-12(3,4)5/h9-10,15H,6-8H2,1-5H3. The molecule has 100 valence electrons. The average molecular weight is 244 g/mol. The van der Waals surface area contributed by atoms with Crippen LogP contribution in [0.3, 0.4) is 0 Å². The maximum absolute atomic E-state index is 12.1. The molecule has 0 radical (unpaired) electrons. The lowest BCUT2D eigenvalue weighted by molar-refractivity contribution is -0.0304. The number of carbonyl (C=O) groups is 1. The Bertz CT molecular complexity index is 263. The summed E-state index contributed by atoms with van der Waals surface area (Å²) in [5, 5.41) is 9.13. The lowest BCUT2D eigenvalue weighted by Crippen LogP contribution is -2.59. The van der Waals surface area contributed by atoms with Gasteiger partial charge in [-0.3, -0.25) is 4.90 Å². The summed E-state index contributed by atoms with van der Waals surface area (Å²) in [5.41, 5.74) is -0.468. The minimum atomic E-state index is -0.468. The predicted molar refractivity (Wildman–Crippen MR) is 65.7 cm³/mol. The first kappa shape index (κ1) is 14.3. The Kier molecular flexibility index (Phi) is 4.38. The summed E-state index contributed by atoms with van der Waals surface area (Å²) in [4.78, 5) is 15.7. The number of carbonyl (C=O) groups excluding carboxylic acids is 1. The number of aliphatic hydroxyl groups excluding tert-OH is 1. The predicted octanol–water partition coefficient (Wildman–Crippen LogP) is 1.27. The Hall–Kier alpha value is -0.810. The van der Waals surface area contributed by atoms with E-state index in [1.807, 2.05) is 39.5 Å². The fourth-order valence-corrected chi connectivity index (χ4v) is 2.22. The summed E-state index contributed by atoms with van der Waals surface area (Å²) in [5.74, 6) is 0. The molecule has 1 saturated heterocycles. The molecule has 1 N–H and O–H groups in total. The van der Waals surface area contributed by atoms with Gasteiger partial charge in [-0.1, -0.05) is 0 Å². The third-order valence-electron chi connectivity index (χ3n) is 2.80. The molecule has 1 amide bonds. The van der Waals surface area contributed by atoms with Crippen molar-refractivity contribution >= 4 is 6.09 Å². The lowest BCUT2D eigenvalue weighted by atomic mass is 10.1. The molecule has 17 heavy (non-hydrogen) atoms. The Balaban J connectivity index is 2.67. The number of aliphatic hydroxyl groups is 1. The number of hydrogen-bond acceptors (Lipinski definition) is 4. The van der Waals surface area contributed by atoms with Crippen LogP contribution in [0.5, 0.6) is 0 Å². The highest BCUT2D eigenvalue weighted by molar-refractivity contribution is 5.69. The Morgan fingerprint density at radius 1 is 1.29 bits per heavy atom. The van der Waals surface area contributed by atoms with Crippen molar-refractivity contribution in [3.8, 4) is 0 Å². The van der Waals surface area contributed by atoms with E-state index in [2.05, 4.69) is 0 Å². The summed E-state index contributed by atoms with van der Waals surface area (Å²) < 4.78 is 5.39. The molecule has 0 aromatic heterocycles. The van der Waals surface area contributed by atoms with Crippen molar-refractivity contribution in [3.63, 3.8) is 0 Å². The normalized spacial score (nSPS) is 27.1. The zero-order valence-electron chi connectivity index (χ0n) is 11.4. The van der Waals surface area contributed by atoms with Crippen LogP contribution in [0, 0.1) is 0 Å². The van der Waals surface area contributed by atoms with E-state index < -0.39 is 5.60 Å². The molecule has 1 rings (SSSR count). The quantitative estimate of drug-likeness (QED) is 0.754. The fourth-order valence-electron chi connectivity index (χ4n) is 2.22. The van der Waals surface area contributed by atoms with Gasteiger partial charge in [0.25, 0.3) is 0 Å². The van der Waals surface area contributed by atoms with Crippen molar-refractivity contribution in [2.45, 2.75) is 52.3 Å². The Labute approximate surface area is 103 Å². The van der Waals surface area contributed by atoms with E-state index in [9.17, 15) is 4.79 Å². The van der Waals surface area contributed by atoms with E-state index in [1.165, 1.54) is 0 Å². The Morgan fingerprint density at radius 3 is 2.12 bits per heavy atom. The second kappa shape index (κ2) is 5.23. The van der Waals surface area contributed by atoms with Crippen molar-refractivity contribution in [1.82, 2.24) is 9.80 Å². The maximum atomic E-state index is 12.1. The monoisotopic (exact) mass is 244 g/mol. The van der Waals surface area contributed by atoms with Crippen LogP contribution in [-0.4, -0.2) is 58.5 Å². The second-order valence-corrected chi connectivity index (χ2v) is 5.76. The summed E-state index contributed by atoms with van der Waals surface area (Å²) in [6.45, 7) is 10.9. The van der Waals surface area contributed by atoms with Crippen LogP contribution in [0.4, 0.5) is 4.79 Å². The molecule has 1 aliphatic rings. The molecule has 0 aromatic rings. The van der Waals surface area contributed by atoms with Gasteiger partial charge in [-0.25, -0.2) is 4.79 Å². The summed E-state index contributed by atoms with van der Waals surface area (Å²) in [7, 11) is 0. The van der Waals surface area contributed by atoms with E-state index in [0.29, 0.717) is 13.1 Å². The highest BCUT2D eigenvalue weighted by Gasteiger charge is 2.35. The summed E-state index contributed by atoms with van der Waals surface area (Å²) in [6.07, 6.45) is -0.268. The lowest BCUT2D eigenvalue weighted by Gasteiger charge is -2.43. The minimum absolute atomic E-state index is 0.0385. The first-order valence-corrected chi connectivity index (χ1v) is 6.09. The average Bonchev–Trinajstić information content (AvgIpc) is 2.13. The summed E-state index contributed by atoms with van der Waals surface area (Å²) >= 11 is 0. The van der Waals surface area contributed by atoms with Crippen LogP contribution in [0.15, 0.2) is 0 Å². The van der Waals surface area contributed by atoms with Crippen molar-refractivity contribution in [3.05, 3.63) is 0 Å². The van der Waals surface area contributed by atoms with Gasteiger partial charge in [-0.05, 0) is 34.6 Å². The molecule has 5 nitrogen and oxygen atoms in total. The van der Waals surface area contributed by atoms with Crippen molar-refractivity contribution in [1.29, 1.82) is 0 Å². The van der Waals surface area contributed by atoms with Gasteiger partial charge >= 0.3 is 6.09 Å². The largest absolute Gasteiger partial charge is 0.444 e. The van der Waals surface area contributed by atoms with E-state index in [1.54, 1.807) is 4.90 Å². The molecular weight excluding hydrogens is 220 g/mol. The van der Waals surface area contributed by atoms with Crippen LogP contribution in [0.25, 0.3) is 0 Å². The topological polar surface area (TPSA) is 53.0 Å². The number of piperazine rings is 1. The fraction of sp³-hybridized carbons (Fsp3) is 0.917. The molecule has 0 bridgehead atoms. The van der Waals surface area contributed by atoms with E-state index in [0.717, 1.165) is 0 Å². The third kappa shape index (κ3) is 3.85. The smallest absolute Gasteiger partial charge is 0.410 e. The molecule has 1 fully saturated rings. The van der Waals surface area contributed by atoms with Crippen molar-refractivity contribution in [2.75, 3.05) is 19.8 Å². The number of hydrogen-bond donors (Lipinski definition) is 1. The van der Waals surface area contributed by atoms with Gasteiger partial charge in [0.2, 0.25) is 0 Å². The second-order valence-electron chi connectivity index (χ2n) is 5.76. The molecule has 0 saturated carbocycles. The molecule has 2 atom stereocenters. The first-order chi connectivity index (χ1) is 7.74. The zero-order chi connectivity index (χ0) is 13.2. The van der Waals surface area contributed by atoms with Gasteiger partial charge in [0.1, 0.15) is 5.60 Å². The maximum Gasteiger partial charge on any atom is 0.410 e. The van der Waals surface area contributed by atoms with E-state index >= 15 is 0 Å². The van der Waals surface area contributed by atoms with Crippen LogP contribution < -0.4 is 0 Å². The van der Waals surface area contributed by atoms with Gasteiger partial charge in [-0.2, -0.15) is 0 Å². The minimum Gasteiger partial charge on any atom is -0.444 e. The van der Waals surface area contributed by atoms with Gasteiger partial charge in [0, 0.05) is 25.2 Å². The molecule has 0 spiro atoms. The number of amides is 1. The Morgan fingerprint density at radius 2 is 1.76 bits per heavy atom. The van der Waals surface area contributed by atoms with Gasteiger partial charge in [-0.15, -0.1) is 0 Å². The molecule has 0 aromatic carbocycles. The molecule has 5 heteroatoms. The van der Waals surface area contributed by atoms with Crippen molar-refractivity contribution in [2.24, 2.45) is 0 Å². The first-order valence-electron chi connectivity index (χ1n) is 6.09. The van der Waals surface area contributed by atoms with Crippen LogP contribution in [-0.2, 0) is 4.74 Å². The highest BCUT2D eigenvalue weighted by atomic mass is 16.6. The van der Waals surface area contributed by atoms with Gasteiger partial charge in [0.15, 0.2) is 0 Å². The molecule has 0 aliphatic carbocycles. The van der Waals surface area contributed by atoms with Gasteiger partial charge in [0.05, 0.1) is 6.73 Å². The zero-order valence-corrected chi connectivity index (χ0v) is 11.4. The van der Waals surface area contributed by atoms with E-state index in [4.69, 9.17) is 9.84 Å². The molecular formula is C12H24N2O3. The van der Waals surface area contributed by atoms with Gasteiger partial charge < -0.3 is 14.7 Å². The molecule has 2 unspecified atom stereocenters. The SMILES string of the molecule is CC1CN(CO)CC(C)N1C(=O)OC(C)(C)C. The number of nitrogens with zero attached hydrogens (tertiary/aromatic N) is 2. The highest BCUT2D eigenvalue weighted by Crippen LogP contribution is 2.19. The number of rotatable bonds is 1. The van der Waals surface area contributed by atoms with Crippen LogP contribution in [0.2, 0.25) is 0 Å². The number of ether oxygens (including phenoxy) is 1. The van der Waals surface area contributed by atoms with E-state index in [-0.39, 0.29) is 24.9 Å². The summed E-state index contributed by atoms with van der Waals surface area (Å²) in [6, 6.07) is 0.112. The van der Waals surface area contributed by atoms with Crippen LogP contribution in [0.1, 0.15) is 34.6 Å². The molecule has 1 heterocycles. The third-order valence-corrected chi connectivity index (χ3v) is 2.80. The molecule has 1 aliphatic heterocycles. The van der Waals surface area contributed by atoms with Crippen molar-refractivity contribution < 1.29 is 14.6 Å². The van der Waals surface area contributed by atoms with Crippen LogP contribution >= 0.6 is 0 Å².